The number of halogens is 1. The summed E-state index contributed by atoms with van der Waals surface area (Å²) in [4.78, 5) is 16.5. The normalized spacial score (nSPS) is 12.7. The number of rotatable bonds is 5. The highest BCUT2D eigenvalue weighted by Gasteiger charge is 2.19. The van der Waals surface area contributed by atoms with Gasteiger partial charge in [0.25, 0.3) is 0 Å². The van der Waals surface area contributed by atoms with Crippen molar-refractivity contribution < 1.29 is 10.0 Å². The Kier molecular flexibility index (Phi) is 4.37. The van der Waals surface area contributed by atoms with E-state index in [1.807, 2.05) is 0 Å². The van der Waals surface area contributed by atoms with Gasteiger partial charge < -0.3 is 15.2 Å². The average Bonchev–Trinajstić information content (AvgIpc) is 2.56. The van der Waals surface area contributed by atoms with Crippen molar-refractivity contribution in [3.05, 3.63) is 15.9 Å². The lowest BCUT2D eigenvalue weighted by Crippen LogP contribution is -2.11. The van der Waals surface area contributed by atoms with Crippen LogP contribution in [0, 0.1) is 17.0 Å². The second-order valence-corrected chi connectivity index (χ2v) is 4.17. The monoisotopic (exact) mass is 251 g/mol. The molecule has 0 aliphatic rings. The van der Waals surface area contributed by atoms with Crippen LogP contribution in [0.1, 0.15) is 5.82 Å². The van der Waals surface area contributed by atoms with Crippen LogP contribution in [0.3, 0.4) is 0 Å². The molecule has 84 valence electrons. The molecule has 1 rings (SSSR count). The van der Waals surface area contributed by atoms with Crippen LogP contribution in [-0.2, 0) is 0 Å². The average molecular weight is 252 g/mol. The third-order valence-electron chi connectivity index (χ3n) is 1.54. The smallest absolute Gasteiger partial charge is 0.354 e. The van der Waals surface area contributed by atoms with Gasteiger partial charge in [-0.05, 0) is 4.92 Å². The minimum absolute atomic E-state index is 0.101. The topological polar surface area (TPSA) is 92.1 Å². The summed E-state index contributed by atoms with van der Waals surface area (Å²) in [6.45, 7) is 1.63. The summed E-state index contributed by atoms with van der Waals surface area (Å²) in [5, 5.41) is 20.1. The minimum Gasteiger partial charge on any atom is -0.391 e. The van der Waals surface area contributed by atoms with Crippen molar-refractivity contribution in [2.75, 3.05) is 11.6 Å². The van der Waals surface area contributed by atoms with Crippen LogP contribution in [0.4, 0.5) is 5.82 Å². The predicted octanol–water partition coefficient (Wildman–Crippen LogP) is 1.32. The number of aromatic nitrogens is 2. The molecule has 0 spiro atoms. The number of thioether (sulfide) groups is 1. The molecule has 1 heterocycles. The maximum atomic E-state index is 10.6. The molecule has 0 fully saturated rings. The van der Waals surface area contributed by atoms with Gasteiger partial charge in [-0.15, -0.1) is 11.6 Å². The molecule has 1 aromatic heterocycles. The van der Waals surface area contributed by atoms with Crippen molar-refractivity contribution in [3.8, 4) is 0 Å². The Labute approximate surface area is 95.2 Å². The predicted molar refractivity (Wildman–Crippen MR) is 57.4 cm³/mol. The number of hydrogen-bond donors (Lipinski definition) is 2. The fraction of sp³-hybridized carbons (Fsp3) is 0.571. The third-order valence-corrected chi connectivity index (χ3v) is 3.01. The number of nitrogens with one attached hydrogen (secondary N) is 1. The highest BCUT2D eigenvalue weighted by Crippen LogP contribution is 2.26. The van der Waals surface area contributed by atoms with Gasteiger partial charge in [0.1, 0.15) is 0 Å². The molecule has 0 saturated heterocycles. The zero-order valence-corrected chi connectivity index (χ0v) is 9.51. The molecule has 0 amide bonds. The second-order valence-electron chi connectivity index (χ2n) is 2.85. The Morgan fingerprint density at radius 3 is 3.00 bits per heavy atom. The van der Waals surface area contributed by atoms with E-state index in [0.717, 1.165) is 11.8 Å². The number of alkyl halides is 1. The number of aryl methyl sites for hydroxylation is 1. The number of nitro groups is 1. The maximum Gasteiger partial charge on any atom is 0.354 e. The largest absolute Gasteiger partial charge is 0.391 e. The number of nitrogens with zero attached hydrogens (tertiary/aromatic N) is 2. The van der Waals surface area contributed by atoms with Crippen LogP contribution in [-0.4, -0.2) is 37.7 Å². The van der Waals surface area contributed by atoms with E-state index in [0.29, 0.717) is 5.82 Å². The van der Waals surface area contributed by atoms with Crippen LogP contribution in [0.15, 0.2) is 5.03 Å². The first-order chi connectivity index (χ1) is 7.04. The Morgan fingerprint density at radius 2 is 2.47 bits per heavy atom. The summed E-state index contributed by atoms with van der Waals surface area (Å²) in [5.41, 5.74) is 0. The molecule has 8 heteroatoms. The van der Waals surface area contributed by atoms with Crippen LogP contribution in [0.25, 0.3) is 0 Å². The molecule has 0 radical (unpaired) electrons. The fourth-order valence-electron chi connectivity index (χ4n) is 0.902. The summed E-state index contributed by atoms with van der Waals surface area (Å²) >= 11 is 6.51. The molecule has 1 aromatic rings. The highest BCUT2D eigenvalue weighted by molar-refractivity contribution is 7.99. The molecule has 0 saturated carbocycles. The highest BCUT2D eigenvalue weighted by atomic mass is 35.5. The van der Waals surface area contributed by atoms with E-state index in [1.165, 1.54) is 0 Å². The van der Waals surface area contributed by atoms with Gasteiger partial charge in [0.2, 0.25) is 0 Å². The second kappa shape index (κ2) is 5.34. The van der Waals surface area contributed by atoms with Crippen molar-refractivity contribution in [2.24, 2.45) is 0 Å². The van der Waals surface area contributed by atoms with Gasteiger partial charge in [-0.3, -0.25) is 0 Å². The summed E-state index contributed by atoms with van der Waals surface area (Å²) < 4.78 is 0. The number of hydrogen-bond acceptors (Lipinski definition) is 5. The van der Waals surface area contributed by atoms with E-state index in [9.17, 15) is 15.2 Å². The molecule has 0 aliphatic heterocycles. The number of H-pyrrole nitrogens is 1. The zero-order valence-electron chi connectivity index (χ0n) is 7.94. The van der Waals surface area contributed by atoms with Crippen molar-refractivity contribution in [1.82, 2.24) is 9.97 Å². The van der Waals surface area contributed by atoms with Crippen molar-refractivity contribution in [1.29, 1.82) is 0 Å². The summed E-state index contributed by atoms with van der Waals surface area (Å²) in [6.07, 6.45) is -0.687. The maximum absolute atomic E-state index is 10.6. The minimum atomic E-state index is -0.687. The van der Waals surface area contributed by atoms with Crippen molar-refractivity contribution in [3.63, 3.8) is 0 Å². The van der Waals surface area contributed by atoms with Gasteiger partial charge >= 0.3 is 5.82 Å². The molecule has 0 unspecified atom stereocenters. The Hall–Kier alpha value is -0.790. The van der Waals surface area contributed by atoms with Crippen molar-refractivity contribution in [2.45, 2.75) is 18.1 Å². The molecule has 0 aromatic carbocycles. The van der Waals surface area contributed by atoms with Crippen LogP contribution in [0.5, 0.6) is 0 Å². The van der Waals surface area contributed by atoms with Gasteiger partial charge in [0.15, 0.2) is 10.9 Å². The number of aliphatic hydroxyl groups excluding tert-OH is 1. The first kappa shape index (κ1) is 12.3. The zero-order chi connectivity index (χ0) is 11.4. The van der Waals surface area contributed by atoms with Crippen molar-refractivity contribution >= 4 is 29.2 Å². The van der Waals surface area contributed by atoms with E-state index in [1.54, 1.807) is 6.92 Å². The van der Waals surface area contributed by atoms with Crippen LogP contribution >= 0.6 is 23.4 Å². The molecule has 0 bridgehead atoms. The number of aromatic amines is 1. The summed E-state index contributed by atoms with van der Waals surface area (Å²) in [7, 11) is 0. The quantitative estimate of drug-likeness (QED) is 0.356. The molecular weight excluding hydrogens is 242 g/mol. The van der Waals surface area contributed by atoms with Gasteiger partial charge in [-0.25, -0.2) is 4.98 Å². The fourth-order valence-corrected chi connectivity index (χ4v) is 2.07. The summed E-state index contributed by atoms with van der Waals surface area (Å²) in [6, 6.07) is 0. The third kappa shape index (κ3) is 3.37. The first-order valence-corrected chi connectivity index (χ1v) is 5.64. The first-order valence-electron chi connectivity index (χ1n) is 4.12. The lowest BCUT2D eigenvalue weighted by atomic mass is 10.5. The molecule has 15 heavy (non-hydrogen) atoms. The molecule has 0 aliphatic carbocycles. The standard InChI is InChI=1S/C7H10ClN3O3S/c1-4-9-6(11(13)14)7(10-4)15-3-5(12)2-8/h5,12H,2-3H2,1H3,(H,9,10)/t5-/m1/s1. The lowest BCUT2D eigenvalue weighted by Gasteiger charge is -2.03. The van der Waals surface area contributed by atoms with Gasteiger partial charge in [0, 0.05) is 18.6 Å². The van der Waals surface area contributed by atoms with E-state index >= 15 is 0 Å². The van der Waals surface area contributed by atoms with Gasteiger partial charge in [0.05, 0.1) is 6.10 Å². The molecule has 2 N–H and O–H groups in total. The van der Waals surface area contributed by atoms with E-state index in [-0.39, 0.29) is 22.5 Å². The molecule has 1 atom stereocenters. The molecule has 6 nitrogen and oxygen atoms in total. The number of imidazole rings is 1. The van der Waals surface area contributed by atoms with Gasteiger partial charge in [-0.1, -0.05) is 11.8 Å². The van der Waals surface area contributed by atoms with E-state index < -0.39 is 11.0 Å². The molecular formula is C7H10ClN3O3S. The Balaban J connectivity index is 2.71. The summed E-state index contributed by atoms with van der Waals surface area (Å²) in [5.74, 6) is 0.725. The number of aliphatic hydroxyl groups is 1. The lowest BCUT2D eigenvalue weighted by molar-refractivity contribution is -0.392. The Bertz CT molecular complexity index is 357. The van der Waals surface area contributed by atoms with E-state index in [2.05, 4.69) is 9.97 Å². The Morgan fingerprint density at radius 1 is 1.80 bits per heavy atom. The van der Waals surface area contributed by atoms with Crippen LogP contribution in [0.2, 0.25) is 0 Å². The van der Waals surface area contributed by atoms with Gasteiger partial charge in [-0.2, -0.15) is 4.98 Å². The SMILES string of the molecule is Cc1nc(SC[C@H](O)CCl)c([N+](=O)[O-])[nH]1. The van der Waals surface area contributed by atoms with Crippen LogP contribution < -0.4 is 0 Å². The van der Waals surface area contributed by atoms with E-state index in [4.69, 9.17) is 11.6 Å².